The molecule has 0 atom stereocenters. The quantitative estimate of drug-likeness (QED) is 0.325. The predicted molar refractivity (Wildman–Crippen MR) is 94.2 cm³/mol. The van der Waals surface area contributed by atoms with Gasteiger partial charge in [-0.25, -0.2) is 0 Å². The van der Waals surface area contributed by atoms with Gasteiger partial charge in [0.15, 0.2) is 0 Å². The minimum absolute atomic E-state index is 0. The molecule has 0 aliphatic rings. The maximum absolute atomic E-state index is 5.90. The van der Waals surface area contributed by atoms with Gasteiger partial charge in [-0.05, 0) is 22.2 Å². The summed E-state index contributed by atoms with van der Waals surface area (Å²) < 4.78 is 0. The highest BCUT2D eigenvalue weighted by molar-refractivity contribution is 6.15. The Kier molecular flexibility index (Phi) is 5.03. The van der Waals surface area contributed by atoms with Crippen molar-refractivity contribution in [2.75, 3.05) is 12.4 Å². The first-order chi connectivity index (χ1) is 10.7. The van der Waals surface area contributed by atoms with Crippen molar-refractivity contribution in [2.45, 2.75) is 0 Å². The minimum Gasteiger partial charge on any atom is -1.00 e. The fourth-order valence-corrected chi connectivity index (χ4v) is 2.50. The molecular formula is C17H17ClN5-. The van der Waals surface area contributed by atoms with Gasteiger partial charge in [0.05, 0.1) is 0 Å². The van der Waals surface area contributed by atoms with Crippen molar-refractivity contribution in [1.29, 1.82) is 0 Å². The van der Waals surface area contributed by atoms with Crippen LogP contribution in [0.15, 0.2) is 64.6 Å². The summed E-state index contributed by atoms with van der Waals surface area (Å²) in [6, 6.07) is 18.5. The molecule has 5 N–H and O–H groups in total. The molecule has 0 fully saturated rings. The molecule has 0 saturated carbocycles. The average molecular weight is 327 g/mol. The van der Waals surface area contributed by atoms with E-state index in [1.807, 2.05) is 24.3 Å². The van der Waals surface area contributed by atoms with Crippen LogP contribution < -0.4 is 29.2 Å². The molecule has 0 bridgehead atoms. The Balaban J connectivity index is 0.00000192. The summed E-state index contributed by atoms with van der Waals surface area (Å²) in [5, 5.41) is 7.68. The van der Waals surface area contributed by atoms with Crippen LogP contribution in [0.5, 0.6) is 0 Å². The molecule has 3 rings (SSSR count). The number of nitrogens with zero attached hydrogens (tertiary/aromatic N) is 2. The van der Waals surface area contributed by atoms with Crippen molar-refractivity contribution in [3.8, 4) is 0 Å². The second-order valence-corrected chi connectivity index (χ2v) is 4.89. The maximum Gasteiger partial charge on any atom is 0.218 e. The third kappa shape index (κ3) is 3.35. The lowest BCUT2D eigenvalue weighted by atomic mass is 10.0. The number of hydrogen-bond donors (Lipinski definition) is 3. The zero-order valence-electron chi connectivity index (χ0n) is 12.6. The standard InChI is InChI=1S/C17H17N5.ClH/c1-20-16(18)22-17(19)21-15-10-11-6-2-3-7-12(11)13-8-4-5-9-14(13)15;/h2-10H,1H3,(H5,18,19,20,21,22);1H/p-1. The van der Waals surface area contributed by atoms with E-state index in [4.69, 9.17) is 11.5 Å². The van der Waals surface area contributed by atoms with Crippen molar-refractivity contribution < 1.29 is 12.4 Å². The van der Waals surface area contributed by atoms with Gasteiger partial charge in [-0.2, -0.15) is 4.99 Å². The number of nitrogens with two attached hydrogens (primary N) is 2. The highest BCUT2D eigenvalue weighted by atomic mass is 35.5. The molecule has 23 heavy (non-hydrogen) atoms. The molecule has 0 aliphatic heterocycles. The van der Waals surface area contributed by atoms with E-state index >= 15 is 0 Å². The van der Waals surface area contributed by atoms with E-state index in [0.29, 0.717) is 0 Å². The SMILES string of the molecule is CN=C(N)/N=C(\N)Nc1cc2ccccc2c2ccccc12.[Cl-]. The Morgan fingerprint density at radius 3 is 2.22 bits per heavy atom. The summed E-state index contributed by atoms with van der Waals surface area (Å²) in [6.45, 7) is 0. The average Bonchev–Trinajstić information content (AvgIpc) is 2.55. The van der Waals surface area contributed by atoms with Crippen LogP contribution in [0.1, 0.15) is 0 Å². The molecule has 0 heterocycles. The number of nitrogens with one attached hydrogen (secondary N) is 1. The molecule has 0 aliphatic carbocycles. The molecule has 3 aromatic rings. The van der Waals surface area contributed by atoms with Gasteiger partial charge in [-0.15, -0.1) is 0 Å². The molecule has 0 aromatic heterocycles. The van der Waals surface area contributed by atoms with Gasteiger partial charge in [0.1, 0.15) is 0 Å². The lowest BCUT2D eigenvalue weighted by Crippen LogP contribution is -3.00. The van der Waals surface area contributed by atoms with Crippen LogP contribution in [0.2, 0.25) is 0 Å². The second-order valence-electron chi connectivity index (χ2n) is 4.89. The van der Waals surface area contributed by atoms with Crippen molar-refractivity contribution in [2.24, 2.45) is 21.5 Å². The van der Waals surface area contributed by atoms with Crippen LogP contribution in [0.3, 0.4) is 0 Å². The van der Waals surface area contributed by atoms with Crippen molar-refractivity contribution in [1.82, 2.24) is 0 Å². The summed E-state index contributed by atoms with van der Waals surface area (Å²) in [5.74, 6) is 0.346. The molecule has 0 saturated heterocycles. The largest absolute Gasteiger partial charge is 1.00 e. The highest BCUT2D eigenvalue weighted by Gasteiger charge is 2.06. The first-order valence-corrected chi connectivity index (χ1v) is 6.93. The first-order valence-electron chi connectivity index (χ1n) is 6.93. The van der Waals surface area contributed by atoms with Crippen LogP contribution in [-0.2, 0) is 0 Å². The fraction of sp³-hybridized carbons (Fsp3) is 0.0588. The summed E-state index contributed by atoms with van der Waals surface area (Å²) in [5.41, 5.74) is 12.4. The highest BCUT2D eigenvalue weighted by Crippen LogP contribution is 2.31. The third-order valence-electron chi connectivity index (χ3n) is 3.49. The molecule has 0 radical (unpaired) electrons. The maximum atomic E-state index is 5.90. The van der Waals surface area contributed by atoms with Crippen LogP contribution in [0.25, 0.3) is 21.5 Å². The van der Waals surface area contributed by atoms with Crippen molar-refractivity contribution >= 4 is 39.2 Å². The predicted octanol–water partition coefficient (Wildman–Crippen LogP) is -0.332. The van der Waals surface area contributed by atoms with Crippen LogP contribution in [0, 0.1) is 0 Å². The van der Waals surface area contributed by atoms with E-state index in [-0.39, 0.29) is 24.3 Å². The number of fused-ring (bicyclic) bond motifs is 3. The fourth-order valence-electron chi connectivity index (χ4n) is 2.50. The minimum atomic E-state index is 0. The lowest BCUT2D eigenvalue weighted by Gasteiger charge is -2.12. The molecule has 0 unspecified atom stereocenters. The van der Waals surface area contributed by atoms with E-state index < -0.39 is 0 Å². The second kappa shape index (κ2) is 6.98. The Morgan fingerprint density at radius 1 is 0.913 bits per heavy atom. The van der Waals surface area contributed by atoms with E-state index in [2.05, 4.69) is 45.6 Å². The van der Waals surface area contributed by atoms with Gasteiger partial charge < -0.3 is 29.2 Å². The van der Waals surface area contributed by atoms with Crippen LogP contribution >= 0.6 is 0 Å². The normalized spacial score (nSPS) is 12.2. The van der Waals surface area contributed by atoms with Crippen molar-refractivity contribution in [3.05, 3.63) is 54.6 Å². The van der Waals surface area contributed by atoms with Crippen LogP contribution in [0.4, 0.5) is 5.69 Å². The summed E-state index contributed by atoms with van der Waals surface area (Å²) in [7, 11) is 1.57. The molecule has 0 spiro atoms. The summed E-state index contributed by atoms with van der Waals surface area (Å²) in [6.07, 6.45) is 0. The molecule has 3 aromatic carbocycles. The molecule has 5 nitrogen and oxygen atoms in total. The number of anilines is 1. The molecule has 0 amide bonds. The Labute approximate surface area is 140 Å². The first kappa shape index (κ1) is 16.6. The molecular weight excluding hydrogens is 310 g/mol. The van der Waals surface area contributed by atoms with Gasteiger partial charge in [0.25, 0.3) is 0 Å². The van der Waals surface area contributed by atoms with Gasteiger partial charge in [-0.3, -0.25) is 4.99 Å². The number of benzene rings is 3. The van der Waals surface area contributed by atoms with E-state index in [0.717, 1.165) is 21.8 Å². The van der Waals surface area contributed by atoms with E-state index in [1.165, 1.54) is 5.39 Å². The van der Waals surface area contributed by atoms with E-state index in [9.17, 15) is 0 Å². The third-order valence-corrected chi connectivity index (χ3v) is 3.49. The number of hydrogen-bond acceptors (Lipinski definition) is 1. The molecule has 6 heteroatoms. The van der Waals surface area contributed by atoms with Gasteiger partial charge in [-0.1, -0.05) is 48.5 Å². The Morgan fingerprint density at radius 2 is 1.52 bits per heavy atom. The number of halogens is 1. The smallest absolute Gasteiger partial charge is 0.218 e. The van der Waals surface area contributed by atoms with Crippen LogP contribution in [-0.4, -0.2) is 19.0 Å². The zero-order chi connectivity index (χ0) is 15.5. The van der Waals surface area contributed by atoms with Gasteiger partial charge in [0.2, 0.25) is 11.9 Å². The molecule has 118 valence electrons. The van der Waals surface area contributed by atoms with E-state index in [1.54, 1.807) is 7.05 Å². The monoisotopic (exact) mass is 326 g/mol. The Bertz CT molecular complexity index is 902. The summed E-state index contributed by atoms with van der Waals surface area (Å²) >= 11 is 0. The topological polar surface area (TPSA) is 88.8 Å². The number of aliphatic imine (C=N–C) groups is 2. The number of rotatable bonds is 1. The Hall–Kier alpha value is -2.79. The summed E-state index contributed by atoms with van der Waals surface area (Å²) in [4.78, 5) is 7.76. The van der Waals surface area contributed by atoms with Gasteiger partial charge in [0, 0.05) is 18.1 Å². The lowest BCUT2D eigenvalue weighted by molar-refractivity contribution is -0.00000468. The zero-order valence-corrected chi connectivity index (χ0v) is 13.4. The number of guanidine groups is 2. The van der Waals surface area contributed by atoms with Gasteiger partial charge >= 0.3 is 0 Å². The van der Waals surface area contributed by atoms with Crippen molar-refractivity contribution in [3.63, 3.8) is 0 Å².